The van der Waals surface area contributed by atoms with Crippen LogP contribution < -0.4 is 0 Å². The van der Waals surface area contributed by atoms with Crippen LogP contribution in [0.5, 0.6) is 0 Å². The summed E-state index contributed by atoms with van der Waals surface area (Å²) in [7, 11) is -1.08. The van der Waals surface area contributed by atoms with Crippen molar-refractivity contribution in [3.8, 4) is 17.2 Å². The Hall–Kier alpha value is -2.43. The summed E-state index contributed by atoms with van der Waals surface area (Å²) in [6.07, 6.45) is 9.12. The van der Waals surface area contributed by atoms with Crippen molar-refractivity contribution in [2.24, 2.45) is 0 Å². The molecule has 6 nitrogen and oxygen atoms in total. The van der Waals surface area contributed by atoms with Crippen molar-refractivity contribution in [1.29, 1.82) is 5.26 Å². The maximum absolute atomic E-state index is 8.90. The molecule has 0 N–H and O–H groups in total. The Labute approximate surface area is 174 Å². The molecule has 3 aromatic heterocycles. The van der Waals surface area contributed by atoms with Crippen LogP contribution in [0.15, 0.2) is 36.9 Å². The van der Waals surface area contributed by atoms with E-state index in [9.17, 15) is 0 Å². The molecule has 0 bridgehead atoms. The standard InChI is InChI=1S/C22H31N5OSi/c1-22(2,9-6-10-23)27-16-18(15-25-27)19-7-11-24-21-20(19)8-12-26(21)17-28-13-14-29(3,4)5/h7-8,11-12,15-16H,6,9,13-14,17H2,1-5H3. The predicted octanol–water partition coefficient (Wildman–Crippen LogP) is 5.25. The van der Waals surface area contributed by atoms with Crippen molar-refractivity contribution in [1.82, 2.24) is 19.3 Å². The van der Waals surface area contributed by atoms with Gasteiger partial charge in [-0.25, -0.2) is 4.98 Å². The molecule has 0 saturated carbocycles. The normalized spacial score (nSPS) is 12.4. The lowest BCUT2D eigenvalue weighted by Gasteiger charge is -2.24. The van der Waals surface area contributed by atoms with Crippen LogP contribution in [0.1, 0.15) is 26.7 Å². The van der Waals surface area contributed by atoms with E-state index >= 15 is 0 Å². The van der Waals surface area contributed by atoms with Crippen molar-refractivity contribution in [2.45, 2.75) is 64.6 Å². The molecule has 154 valence electrons. The summed E-state index contributed by atoms with van der Waals surface area (Å²) in [5, 5.41) is 14.6. The van der Waals surface area contributed by atoms with Gasteiger partial charge in [0.25, 0.3) is 0 Å². The number of hydrogen-bond donors (Lipinski definition) is 0. The summed E-state index contributed by atoms with van der Waals surface area (Å²) in [6.45, 7) is 12.6. The maximum atomic E-state index is 8.90. The molecule has 0 aliphatic carbocycles. The number of rotatable bonds is 9. The summed E-state index contributed by atoms with van der Waals surface area (Å²) in [5.74, 6) is 0. The van der Waals surface area contributed by atoms with Gasteiger partial charge in [0.05, 0.1) is 17.8 Å². The molecule has 0 aliphatic heterocycles. The van der Waals surface area contributed by atoms with Crippen molar-refractivity contribution in [3.63, 3.8) is 0 Å². The average Bonchev–Trinajstić information content (AvgIpc) is 3.30. The fourth-order valence-corrected chi connectivity index (χ4v) is 4.01. The van der Waals surface area contributed by atoms with Crippen molar-refractivity contribution < 1.29 is 4.74 Å². The summed E-state index contributed by atoms with van der Waals surface area (Å²) in [5.41, 5.74) is 2.89. The van der Waals surface area contributed by atoms with Gasteiger partial charge in [-0.3, -0.25) is 4.68 Å². The first-order chi connectivity index (χ1) is 13.7. The van der Waals surface area contributed by atoms with Gasteiger partial charge in [0.1, 0.15) is 12.4 Å². The molecule has 3 aromatic rings. The molecule has 0 atom stereocenters. The molecule has 0 aliphatic rings. The maximum Gasteiger partial charge on any atom is 0.142 e. The first kappa shape index (κ1) is 21.3. The Morgan fingerprint density at radius 1 is 1.24 bits per heavy atom. The molecule has 0 fully saturated rings. The van der Waals surface area contributed by atoms with E-state index in [0.29, 0.717) is 13.2 Å². The smallest absolute Gasteiger partial charge is 0.142 e. The fourth-order valence-electron chi connectivity index (χ4n) is 3.26. The van der Waals surface area contributed by atoms with E-state index in [-0.39, 0.29) is 5.54 Å². The minimum atomic E-state index is -1.08. The molecule has 0 radical (unpaired) electrons. The van der Waals surface area contributed by atoms with Crippen molar-refractivity contribution >= 4 is 19.1 Å². The minimum absolute atomic E-state index is 0.198. The highest BCUT2D eigenvalue weighted by Gasteiger charge is 2.21. The van der Waals surface area contributed by atoms with E-state index in [1.807, 2.05) is 29.3 Å². The second kappa shape index (κ2) is 8.52. The molecule has 7 heteroatoms. The number of fused-ring (bicyclic) bond motifs is 1. The van der Waals surface area contributed by atoms with Gasteiger partial charge in [0.15, 0.2) is 0 Å². The highest BCUT2D eigenvalue weighted by atomic mass is 28.3. The number of nitriles is 1. The molecule has 3 heterocycles. The Kier molecular flexibility index (Phi) is 6.25. The minimum Gasteiger partial charge on any atom is -0.361 e. The van der Waals surface area contributed by atoms with Gasteiger partial charge in [-0.15, -0.1) is 0 Å². The first-order valence-corrected chi connectivity index (χ1v) is 13.9. The molecule has 0 unspecified atom stereocenters. The monoisotopic (exact) mass is 409 g/mol. The molecular formula is C22H31N5OSi. The third kappa shape index (κ3) is 5.14. The van der Waals surface area contributed by atoms with E-state index in [4.69, 9.17) is 10.00 Å². The third-order valence-electron chi connectivity index (χ3n) is 5.25. The van der Waals surface area contributed by atoms with Gasteiger partial charge < -0.3 is 9.30 Å². The zero-order valence-corrected chi connectivity index (χ0v) is 19.1. The lowest BCUT2D eigenvalue weighted by atomic mass is 9.99. The molecule has 0 saturated heterocycles. The topological polar surface area (TPSA) is 68.7 Å². The Bertz CT molecular complexity index is 1010. The number of pyridine rings is 1. The number of aromatic nitrogens is 4. The van der Waals surface area contributed by atoms with Crippen LogP contribution in [-0.4, -0.2) is 34.0 Å². The van der Waals surface area contributed by atoms with Crippen LogP contribution >= 0.6 is 0 Å². The largest absolute Gasteiger partial charge is 0.361 e. The lowest BCUT2D eigenvalue weighted by Crippen LogP contribution is -2.26. The summed E-state index contributed by atoms with van der Waals surface area (Å²) >= 11 is 0. The average molecular weight is 410 g/mol. The SMILES string of the molecule is CC(C)(CCC#N)n1cc(-c2ccnc3c2ccn3COCC[Si](C)(C)C)cn1. The van der Waals surface area contributed by atoms with Gasteiger partial charge in [-0.1, -0.05) is 19.6 Å². The van der Waals surface area contributed by atoms with Crippen molar-refractivity contribution in [2.75, 3.05) is 6.61 Å². The van der Waals surface area contributed by atoms with E-state index in [0.717, 1.165) is 41.2 Å². The Balaban J connectivity index is 1.80. The zero-order valence-electron chi connectivity index (χ0n) is 18.1. The van der Waals surface area contributed by atoms with Crippen LogP contribution in [0.4, 0.5) is 0 Å². The molecular weight excluding hydrogens is 378 g/mol. The molecule has 0 spiro atoms. The predicted molar refractivity (Wildman–Crippen MR) is 119 cm³/mol. The molecule has 0 amide bonds. The van der Waals surface area contributed by atoms with E-state index < -0.39 is 8.07 Å². The quantitative estimate of drug-likeness (QED) is 0.357. The van der Waals surface area contributed by atoms with Crippen LogP contribution in [0.2, 0.25) is 25.7 Å². The van der Waals surface area contributed by atoms with E-state index in [1.165, 1.54) is 0 Å². The Morgan fingerprint density at radius 2 is 2.03 bits per heavy atom. The Morgan fingerprint density at radius 3 is 2.76 bits per heavy atom. The zero-order chi connectivity index (χ0) is 21.1. The third-order valence-corrected chi connectivity index (χ3v) is 6.96. The fraction of sp³-hybridized carbons (Fsp3) is 0.500. The highest BCUT2D eigenvalue weighted by Crippen LogP contribution is 2.30. The van der Waals surface area contributed by atoms with Crippen LogP contribution in [-0.2, 0) is 17.0 Å². The summed E-state index contributed by atoms with van der Waals surface area (Å²) < 4.78 is 9.93. The van der Waals surface area contributed by atoms with E-state index in [1.54, 1.807) is 0 Å². The van der Waals surface area contributed by atoms with Crippen LogP contribution in [0, 0.1) is 11.3 Å². The molecule has 29 heavy (non-hydrogen) atoms. The van der Waals surface area contributed by atoms with Gasteiger partial charge in [-0.05, 0) is 44.0 Å². The molecule has 3 rings (SSSR count). The number of nitrogens with zero attached hydrogens (tertiary/aromatic N) is 5. The lowest BCUT2D eigenvalue weighted by molar-refractivity contribution is 0.0899. The van der Waals surface area contributed by atoms with Crippen LogP contribution in [0.3, 0.4) is 0 Å². The first-order valence-electron chi connectivity index (χ1n) is 10.2. The van der Waals surface area contributed by atoms with Gasteiger partial charge in [0, 0.05) is 50.6 Å². The van der Waals surface area contributed by atoms with Gasteiger partial charge >= 0.3 is 0 Å². The van der Waals surface area contributed by atoms with E-state index in [2.05, 4.69) is 66.5 Å². The number of ether oxygens (including phenoxy) is 1. The molecule has 0 aromatic carbocycles. The summed E-state index contributed by atoms with van der Waals surface area (Å²) in [6, 6.07) is 7.51. The number of hydrogen-bond acceptors (Lipinski definition) is 4. The second-order valence-corrected chi connectivity index (χ2v) is 15.0. The summed E-state index contributed by atoms with van der Waals surface area (Å²) in [4.78, 5) is 4.58. The second-order valence-electron chi connectivity index (χ2n) is 9.37. The van der Waals surface area contributed by atoms with Gasteiger partial charge in [-0.2, -0.15) is 10.4 Å². The van der Waals surface area contributed by atoms with Gasteiger partial charge in [0.2, 0.25) is 0 Å². The van der Waals surface area contributed by atoms with Crippen LogP contribution in [0.25, 0.3) is 22.2 Å². The highest BCUT2D eigenvalue weighted by molar-refractivity contribution is 6.76. The van der Waals surface area contributed by atoms with Crippen molar-refractivity contribution in [3.05, 3.63) is 36.9 Å².